The Kier molecular flexibility index (Phi) is 3.33. The third-order valence-electron chi connectivity index (χ3n) is 4.97. The SMILES string of the molecule is CC1Oc2c(C(=O)N3CCCc4ncccc43)cccc2C1C. The number of fused-ring (bicyclic) bond motifs is 2. The van der Waals surface area contributed by atoms with Crippen LogP contribution in [0, 0.1) is 0 Å². The van der Waals surface area contributed by atoms with Crippen LogP contribution in [0.3, 0.4) is 0 Å². The van der Waals surface area contributed by atoms with E-state index in [1.54, 1.807) is 6.20 Å². The van der Waals surface area contributed by atoms with Crippen LogP contribution in [0.1, 0.15) is 47.8 Å². The van der Waals surface area contributed by atoms with E-state index in [0.29, 0.717) is 11.5 Å². The van der Waals surface area contributed by atoms with Crippen molar-refractivity contribution in [3.05, 3.63) is 53.3 Å². The topological polar surface area (TPSA) is 42.4 Å². The summed E-state index contributed by atoms with van der Waals surface area (Å²) in [6, 6.07) is 9.76. The first kappa shape index (κ1) is 14.2. The van der Waals surface area contributed by atoms with Gasteiger partial charge in [-0.2, -0.15) is 0 Å². The van der Waals surface area contributed by atoms with Crippen LogP contribution in [0.4, 0.5) is 5.69 Å². The van der Waals surface area contributed by atoms with Gasteiger partial charge in [0.2, 0.25) is 0 Å². The van der Waals surface area contributed by atoms with E-state index in [0.717, 1.165) is 42.1 Å². The van der Waals surface area contributed by atoms with Gasteiger partial charge in [0.05, 0.1) is 16.9 Å². The maximum atomic E-state index is 13.2. The molecule has 0 aliphatic carbocycles. The smallest absolute Gasteiger partial charge is 0.262 e. The molecule has 4 nitrogen and oxygen atoms in total. The molecule has 2 atom stereocenters. The largest absolute Gasteiger partial charge is 0.489 e. The number of benzene rings is 1. The summed E-state index contributed by atoms with van der Waals surface area (Å²) in [6.07, 6.45) is 3.77. The lowest BCUT2D eigenvalue weighted by molar-refractivity contribution is 0.0980. The molecule has 4 rings (SSSR count). The summed E-state index contributed by atoms with van der Waals surface area (Å²) in [7, 11) is 0. The first-order valence-corrected chi connectivity index (χ1v) is 8.22. The van der Waals surface area contributed by atoms with Crippen LogP contribution in [0.5, 0.6) is 5.75 Å². The zero-order valence-electron chi connectivity index (χ0n) is 13.5. The zero-order chi connectivity index (χ0) is 16.0. The Balaban J connectivity index is 1.75. The predicted molar refractivity (Wildman–Crippen MR) is 89.2 cm³/mol. The van der Waals surface area contributed by atoms with Gasteiger partial charge >= 0.3 is 0 Å². The predicted octanol–water partition coefficient (Wildman–Crippen LogP) is 3.56. The van der Waals surface area contributed by atoms with Crippen molar-refractivity contribution in [1.29, 1.82) is 0 Å². The van der Waals surface area contributed by atoms with Gasteiger partial charge in [-0.3, -0.25) is 9.78 Å². The van der Waals surface area contributed by atoms with E-state index in [1.165, 1.54) is 0 Å². The minimum Gasteiger partial charge on any atom is -0.489 e. The molecule has 0 fully saturated rings. The number of nitrogens with zero attached hydrogens (tertiary/aromatic N) is 2. The highest BCUT2D eigenvalue weighted by atomic mass is 16.5. The fourth-order valence-corrected chi connectivity index (χ4v) is 3.50. The third-order valence-corrected chi connectivity index (χ3v) is 4.97. The van der Waals surface area contributed by atoms with E-state index in [1.807, 2.05) is 29.2 Å². The molecule has 2 aliphatic rings. The van der Waals surface area contributed by atoms with Crippen molar-refractivity contribution in [2.24, 2.45) is 0 Å². The molecule has 0 radical (unpaired) electrons. The van der Waals surface area contributed by atoms with Crippen LogP contribution in [0.15, 0.2) is 36.5 Å². The molecule has 2 aromatic rings. The minimum absolute atomic E-state index is 0.0112. The first-order valence-electron chi connectivity index (χ1n) is 8.22. The highest BCUT2D eigenvalue weighted by molar-refractivity contribution is 6.08. The van der Waals surface area contributed by atoms with Crippen molar-refractivity contribution in [2.75, 3.05) is 11.4 Å². The van der Waals surface area contributed by atoms with Gasteiger partial charge in [0, 0.05) is 24.2 Å². The van der Waals surface area contributed by atoms with Gasteiger partial charge in [0.15, 0.2) is 0 Å². The highest BCUT2D eigenvalue weighted by Crippen LogP contribution is 2.41. The van der Waals surface area contributed by atoms with Gasteiger partial charge in [-0.1, -0.05) is 19.1 Å². The highest BCUT2D eigenvalue weighted by Gasteiger charge is 2.33. The van der Waals surface area contributed by atoms with Crippen molar-refractivity contribution in [2.45, 2.75) is 38.7 Å². The van der Waals surface area contributed by atoms with Gasteiger partial charge in [-0.05, 0) is 38.0 Å². The molecule has 2 aliphatic heterocycles. The number of hydrogen-bond acceptors (Lipinski definition) is 3. The molecule has 0 saturated heterocycles. The maximum absolute atomic E-state index is 13.2. The Labute approximate surface area is 136 Å². The summed E-state index contributed by atoms with van der Waals surface area (Å²) in [6.45, 7) is 4.93. The maximum Gasteiger partial charge on any atom is 0.262 e. The first-order chi connectivity index (χ1) is 11.2. The summed E-state index contributed by atoms with van der Waals surface area (Å²) in [5.41, 5.74) is 3.73. The Morgan fingerprint density at radius 1 is 1.26 bits per heavy atom. The molecular weight excluding hydrogens is 288 g/mol. The number of aromatic nitrogens is 1. The molecule has 0 saturated carbocycles. The van der Waals surface area contributed by atoms with E-state index < -0.39 is 0 Å². The van der Waals surface area contributed by atoms with Crippen molar-refractivity contribution in [3.63, 3.8) is 0 Å². The molecule has 23 heavy (non-hydrogen) atoms. The Bertz CT molecular complexity index is 772. The van der Waals surface area contributed by atoms with E-state index in [9.17, 15) is 4.79 Å². The van der Waals surface area contributed by atoms with E-state index in [4.69, 9.17) is 4.74 Å². The van der Waals surface area contributed by atoms with Crippen LogP contribution in [0.25, 0.3) is 0 Å². The second-order valence-electron chi connectivity index (χ2n) is 6.37. The second-order valence-corrected chi connectivity index (χ2v) is 6.37. The molecule has 1 aromatic heterocycles. The van der Waals surface area contributed by atoms with Crippen molar-refractivity contribution < 1.29 is 9.53 Å². The Hall–Kier alpha value is -2.36. The van der Waals surface area contributed by atoms with E-state index in [2.05, 4.69) is 24.9 Å². The number of pyridine rings is 1. The molecule has 0 bridgehead atoms. The molecule has 1 amide bonds. The van der Waals surface area contributed by atoms with E-state index >= 15 is 0 Å². The number of para-hydroxylation sites is 1. The summed E-state index contributed by atoms with van der Waals surface area (Å²) in [4.78, 5) is 19.4. The molecule has 3 heterocycles. The number of carbonyl (C=O) groups excluding carboxylic acids is 1. The fourth-order valence-electron chi connectivity index (χ4n) is 3.50. The van der Waals surface area contributed by atoms with Crippen LogP contribution < -0.4 is 9.64 Å². The summed E-state index contributed by atoms with van der Waals surface area (Å²) in [5.74, 6) is 1.08. The number of carbonyl (C=O) groups is 1. The zero-order valence-corrected chi connectivity index (χ0v) is 13.5. The van der Waals surface area contributed by atoms with Crippen molar-refractivity contribution in [1.82, 2.24) is 4.98 Å². The molecule has 1 aromatic carbocycles. The Morgan fingerprint density at radius 3 is 3.00 bits per heavy atom. The lowest BCUT2D eigenvalue weighted by Crippen LogP contribution is -2.36. The van der Waals surface area contributed by atoms with Crippen molar-refractivity contribution >= 4 is 11.6 Å². The monoisotopic (exact) mass is 308 g/mol. The third kappa shape index (κ3) is 2.21. The summed E-state index contributed by atoms with van der Waals surface area (Å²) < 4.78 is 5.99. The van der Waals surface area contributed by atoms with Crippen LogP contribution in [-0.4, -0.2) is 23.5 Å². The van der Waals surface area contributed by atoms with Gasteiger partial charge < -0.3 is 9.64 Å². The average Bonchev–Trinajstić information content (AvgIpc) is 2.88. The number of aryl methyl sites for hydroxylation is 1. The normalized spacial score (nSPS) is 22.3. The van der Waals surface area contributed by atoms with Crippen LogP contribution in [0.2, 0.25) is 0 Å². The number of rotatable bonds is 1. The van der Waals surface area contributed by atoms with Gasteiger partial charge in [0.25, 0.3) is 5.91 Å². The van der Waals surface area contributed by atoms with E-state index in [-0.39, 0.29) is 12.0 Å². The van der Waals surface area contributed by atoms with Gasteiger partial charge in [-0.15, -0.1) is 0 Å². The molecular formula is C19H20N2O2. The summed E-state index contributed by atoms with van der Waals surface area (Å²) in [5, 5.41) is 0. The fraction of sp³-hybridized carbons (Fsp3) is 0.368. The lowest BCUT2D eigenvalue weighted by atomic mass is 9.96. The Morgan fingerprint density at radius 2 is 2.13 bits per heavy atom. The lowest BCUT2D eigenvalue weighted by Gasteiger charge is -2.29. The number of anilines is 1. The molecule has 4 heteroatoms. The molecule has 0 N–H and O–H groups in total. The quantitative estimate of drug-likeness (QED) is 0.809. The molecule has 0 spiro atoms. The molecule has 118 valence electrons. The van der Waals surface area contributed by atoms with Crippen molar-refractivity contribution in [3.8, 4) is 5.75 Å². The minimum atomic E-state index is 0.0112. The summed E-state index contributed by atoms with van der Waals surface area (Å²) >= 11 is 0. The second kappa shape index (κ2) is 5.37. The van der Waals surface area contributed by atoms with Gasteiger partial charge in [0.1, 0.15) is 11.9 Å². The average molecular weight is 308 g/mol. The standard InChI is InChI=1S/C19H20N2O2/c1-12-13(2)23-18-14(12)6-3-7-15(18)19(22)21-11-5-8-16-17(21)9-4-10-20-16/h3-4,6-7,9-10,12-13H,5,8,11H2,1-2H3. The van der Waals surface area contributed by atoms with Gasteiger partial charge in [-0.25, -0.2) is 0 Å². The number of hydrogen-bond donors (Lipinski definition) is 0. The number of ether oxygens (including phenoxy) is 1. The van der Waals surface area contributed by atoms with Crippen LogP contribution in [-0.2, 0) is 6.42 Å². The van der Waals surface area contributed by atoms with Crippen LogP contribution >= 0.6 is 0 Å². The molecule has 2 unspecified atom stereocenters. The number of amides is 1.